The van der Waals surface area contributed by atoms with E-state index >= 15 is 0 Å². The highest BCUT2D eigenvalue weighted by molar-refractivity contribution is 7.91. The van der Waals surface area contributed by atoms with Gasteiger partial charge in [-0.1, -0.05) is 239 Å². The van der Waals surface area contributed by atoms with Crippen LogP contribution >= 0.6 is 0 Å². The van der Waals surface area contributed by atoms with E-state index in [0.29, 0.717) is 12.8 Å². The van der Waals surface area contributed by atoms with Gasteiger partial charge in [0.15, 0.2) is 16.1 Å². The lowest BCUT2D eigenvalue weighted by molar-refractivity contribution is -0.294. The summed E-state index contributed by atoms with van der Waals surface area (Å²) >= 11 is 0. The van der Waals surface area contributed by atoms with Gasteiger partial charge in [0.2, 0.25) is 5.91 Å². The molecule has 64 heavy (non-hydrogen) atoms. The maximum atomic E-state index is 13.1. The second-order valence-electron chi connectivity index (χ2n) is 19.5. The van der Waals surface area contributed by atoms with Crippen LogP contribution in [0, 0.1) is 0 Å². The van der Waals surface area contributed by atoms with Gasteiger partial charge in [-0.05, 0) is 12.8 Å². The predicted octanol–water partition coefficient (Wildman–Crippen LogP) is 10.9. The van der Waals surface area contributed by atoms with Crippen molar-refractivity contribution in [2.24, 2.45) is 0 Å². The monoisotopic (exact) mass is 934 g/mol. The number of carbonyl (C=O) groups is 1. The first-order valence-electron chi connectivity index (χ1n) is 27.1. The highest BCUT2D eigenvalue weighted by atomic mass is 32.2. The molecule has 8 atom stereocenters. The zero-order valence-corrected chi connectivity index (χ0v) is 42.4. The Labute approximate surface area is 393 Å². The van der Waals surface area contributed by atoms with E-state index in [1.807, 2.05) is 0 Å². The van der Waals surface area contributed by atoms with Gasteiger partial charge in [-0.3, -0.25) is 4.79 Å². The second kappa shape index (κ2) is 41.1. The molecule has 0 aliphatic carbocycles. The smallest absolute Gasteiger partial charge is 0.220 e. The van der Waals surface area contributed by atoms with Gasteiger partial charge in [0.25, 0.3) is 0 Å². The second-order valence-corrected chi connectivity index (χ2v) is 21.9. The minimum absolute atomic E-state index is 0.194. The normalized spacial score (nSPS) is 20.7. The molecule has 1 aliphatic rings. The lowest BCUT2D eigenvalue weighted by Gasteiger charge is -2.40. The lowest BCUT2D eigenvalue weighted by Crippen LogP contribution is -2.60. The number of aliphatic hydroxyl groups is 5. The highest BCUT2D eigenvalue weighted by Gasteiger charge is 2.46. The number of hydrogen-bond acceptors (Lipinski definition) is 10. The van der Waals surface area contributed by atoms with Crippen LogP contribution in [0.3, 0.4) is 0 Å². The number of rotatable bonds is 46. The number of amides is 1. The summed E-state index contributed by atoms with van der Waals surface area (Å²) in [6.45, 7) is 5.60. The van der Waals surface area contributed by atoms with E-state index in [9.17, 15) is 38.7 Å². The van der Waals surface area contributed by atoms with E-state index in [2.05, 4.69) is 19.2 Å². The van der Waals surface area contributed by atoms with E-state index in [1.165, 1.54) is 180 Å². The summed E-state index contributed by atoms with van der Waals surface area (Å²) in [6.07, 6.45) is 34.1. The average molecular weight is 934 g/mol. The molecule has 0 aromatic heterocycles. The van der Waals surface area contributed by atoms with Crippen LogP contribution in [0.1, 0.15) is 258 Å². The van der Waals surface area contributed by atoms with Gasteiger partial charge in [0.05, 0.1) is 24.5 Å². The number of nitrogens with one attached hydrogen (secondary N) is 1. The Balaban J connectivity index is 2.40. The van der Waals surface area contributed by atoms with Gasteiger partial charge in [-0.25, -0.2) is 8.42 Å². The van der Waals surface area contributed by atoms with Crippen LogP contribution in [0.2, 0.25) is 0 Å². The van der Waals surface area contributed by atoms with Gasteiger partial charge >= 0.3 is 0 Å². The quantitative estimate of drug-likeness (QED) is 0.0321. The van der Waals surface area contributed by atoms with Gasteiger partial charge in [0.1, 0.15) is 30.5 Å². The van der Waals surface area contributed by atoms with Gasteiger partial charge in [-0.15, -0.1) is 0 Å². The molecule has 1 saturated heterocycles. The molecular formula is C52H103NO10S. The Hall–Kier alpha value is -0.860. The molecule has 1 fully saturated rings. The molecule has 0 aromatic carbocycles. The Morgan fingerprint density at radius 1 is 0.531 bits per heavy atom. The molecule has 0 aromatic rings. The Morgan fingerprint density at radius 3 is 1.27 bits per heavy atom. The Bertz CT molecular complexity index is 1160. The van der Waals surface area contributed by atoms with Crippen LogP contribution in [-0.4, -0.2) is 107 Å². The first-order chi connectivity index (χ1) is 31.0. The van der Waals surface area contributed by atoms with Crippen molar-refractivity contribution >= 4 is 15.7 Å². The number of carbonyl (C=O) groups excluding carboxylic acids is 1. The maximum absolute atomic E-state index is 13.1. The third kappa shape index (κ3) is 32.0. The number of ether oxygens (including phenoxy) is 2. The number of sulfone groups is 1. The summed E-state index contributed by atoms with van der Waals surface area (Å²) in [5.41, 5.74) is 0. The fourth-order valence-corrected chi connectivity index (χ4v) is 9.98. The Morgan fingerprint density at radius 2 is 0.891 bits per heavy atom. The van der Waals surface area contributed by atoms with Crippen molar-refractivity contribution in [3.05, 3.63) is 0 Å². The summed E-state index contributed by atoms with van der Waals surface area (Å²) in [4.78, 5) is 13.1. The van der Waals surface area contributed by atoms with Gasteiger partial charge in [0, 0.05) is 12.2 Å². The molecule has 1 amide bonds. The van der Waals surface area contributed by atoms with Crippen molar-refractivity contribution < 1.29 is 48.2 Å². The predicted molar refractivity (Wildman–Crippen MR) is 263 cm³/mol. The topological polar surface area (TPSA) is 183 Å². The van der Waals surface area contributed by atoms with Crippen molar-refractivity contribution in [3.63, 3.8) is 0 Å². The molecule has 1 heterocycles. The SMILES string of the molecule is CCCCCCCCCCCCCCCCCCCCCCCCCC(=O)N[C@@H](CO[C@H]1OC(CS(=O)(=O)CC)[C@H](O)[C@H](O)C1O)C(O)[C@H](O)CCCCCCCCCCCCCC. The fourth-order valence-electron chi connectivity index (χ4n) is 8.97. The zero-order valence-electron chi connectivity index (χ0n) is 41.6. The van der Waals surface area contributed by atoms with Crippen molar-refractivity contribution in [2.75, 3.05) is 18.1 Å². The minimum atomic E-state index is -3.61. The van der Waals surface area contributed by atoms with Crippen LogP contribution < -0.4 is 5.32 Å². The van der Waals surface area contributed by atoms with Crippen LogP contribution in [0.5, 0.6) is 0 Å². The molecule has 1 rings (SSSR count). The van der Waals surface area contributed by atoms with Crippen molar-refractivity contribution in [1.82, 2.24) is 5.32 Å². The summed E-state index contributed by atoms with van der Waals surface area (Å²) in [5.74, 6) is -1.06. The molecule has 382 valence electrons. The standard InChI is InChI=1S/C52H103NO10S/c1-4-7-9-11-13-15-17-19-20-21-22-23-24-25-26-27-28-29-31-33-35-37-39-41-47(55)53-44(42-62-52-51(59)50(58)49(57)46(63-52)43-64(60,61)6-3)48(56)45(54)40-38-36-34-32-30-18-16-14-12-10-8-5-2/h44-46,48-52,54,56-59H,4-43H2,1-3H3,(H,53,55)/t44-,45+,46?,48?,49-,50-,51?,52-/m0/s1. The molecule has 11 nitrogen and oxygen atoms in total. The molecule has 1 aliphatic heterocycles. The van der Waals surface area contributed by atoms with Crippen molar-refractivity contribution in [1.29, 1.82) is 0 Å². The molecule has 3 unspecified atom stereocenters. The van der Waals surface area contributed by atoms with E-state index in [0.717, 1.165) is 44.9 Å². The Kier molecular flexibility index (Phi) is 39.3. The van der Waals surface area contributed by atoms with Crippen molar-refractivity contribution in [2.45, 2.75) is 307 Å². The molecular weight excluding hydrogens is 831 g/mol. The third-order valence-corrected chi connectivity index (χ3v) is 15.2. The molecule has 0 bridgehead atoms. The maximum Gasteiger partial charge on any atom is 0.220 e. The van der Waals surface area contributed by atoms with Crippen molar-refractivity contribution in [3.8, 4) is 0 Å². The van der Waals surface area contributed by atoms with Gasteiger partial charge < -0.3 is 40.3 Å². The van der Waals surface area contributed by atoms with Gasteiger partial charge in [-0.2, -0.15) is 0 Å². The van der Waals surface area contributed by atoms with E-state index in [4.69, 9.17) is 9.47 Å². The molecule has 12 heteroatoms. The number of hydrogen-bond donors (Lipinski definition) is 6. The highest BCUT2D eigenvalue weighted by Crippen LogP contribution is 2.25. The average Bonchev–Trinajstić information content (AvgIpc) is 3.28. The molecule has 0 spiro atoms. The largest absolute Gasteiger partial charge is 0.390 e. The van der Waals surface area contributed by atoms with Crippen LogP contribution in [0.15, 0.2) is 0 Å². The summed E-state index contributed by atoms with van der Waals surface area (Å²) in [5, 5.41) is 56.7. The van der Waals surface area contributed by atoms with E-state index < -0.39 is 64.5 Å². The summed E-state index contributed by atoms with van der Waals surface area (Å²) in [7, 11) is -3.61. The molecule has 0 saturated carbocycles. The summed E-state index contributed by atoms with van der Waals surface area (Å²) in [6, 6.07) is -1.05. The zero-order chi connectivity index (χ0) is 47.1. The number of aliphatic hydroxyl groups excluding tert-OH is 5. The molecule has 0 radical (unpaired) electrons. The van der Waals surface area contributed by atoms with E-state index in [1.54, 1.807) is 0 Å². The summed E-state index contributed by atoms with van der Waals surface area (Å²) < 4.78 is 36.0. The third-order valence-electron chi connectivity index (χ3n) is 13.5. The lowest BCUT2D eigenvalue weighted by atomic mass is 9.98. The fraction of sp³-hybridized carbons (Fsp3) is 0.981. The van der Waals surface area contributed by atoms with Crippen LogP contribution in [0.25, 0.3) is 0 Å². The van der Waals surface area contributed by atoms with Crippen LogP contribution in [-0.2, 0) is 24.1 Å². The number of unbranched alkanes of at least 4 members (excludes halogenated alkanes) is 33. The van der Waals surface area contributed by atoms with Crippen LogP contribution in [0.4, 0.5) is 0 Å². The minimum Gasteiger partial charge on any atom is -0.390 e. The first kappa shape index (κ1) is 61.2. The molecule has 6 N–H and O–H groups in total. The van der Waals surface area contributed by atoms with E-state index in [-0.39, 0.29) is 24.7 Å². The first-order valence-corrected chi connectivity index (χ1v) is 29.0.